The summed E-state index contributed by atoms with van der Waals surface area (Å²) in [5, 5.41) is 9.77. The lowest BCUT2D eigenvalue weighted by atomic mass is 9.55. The lowest BCUT2D eigenvalue weighted by molar-refractivity contribution is -0.157. The quantitative estimate of drug-likeness (QED) is 0.758. The number of aromatic hydroxyl groups is 1. The number of hydrogen-bond acceptors (Lipinski definition) is 4. The van der Waals surface area contributed by atoms with Crippen LogP contribution in [0.3, 0.4) is 0 Å². The summed E-state index contributed by atoms with van der Waals surface area (Å²) in [7, 11) is 0. The number of phenolic OH excluding ortho intramolecular Hbond substituents is 1. The number of rotatable bonds is 4. The number of unbranched alkanes of at least 4 members (excludes halogenated alkanes) is 1. The van der Waals surface area contributed by atoms with Crippen LogP contribution in [-0.2, 0) is 9.53 Å². The fraction of sp³-hybridized carbons (Fsp3) is 0.652. The second-order valence-corrected chi connectivity index (χ2v) is 8.98. The van der Waals surface area contributed by atoms with Gasteiger partial charge in [0.2, 0.25) is 0 Å². The van der Waals surface area contributed by atoms with Gasteiger partial charge in [0.1, 0.15) is 11.9 Å². The van der Waals surface area contributed by atoms with E-state index in [-0.39, 0.29) is 29.0 Å². The largest absolute Gasteiger partial charge is 0.508 e. The Labute approximate surface area is 161 Å². The van der Waals surface area contributed by atoms with E-state index >= 15 is 0 Å². The number of benzene rings is 1. The summed E-state index contributed by atoms with van der Waals surface area (Å²) in [5.41, 5.74) is 1.80. The smallest absolute Gasteiger partial charge is 0.306 e. The van der Waals surface area contributed by atoms with Crippen molar-refractivity contribution in [1.29, 1.82) is 0 Å². The Morgan fingerprint density at radius 2 is 2.11 bits per heavy atom. The highest BCUT2D eigenvalue weighted by molar-refractivity contribution is 5.99. The fourth-order valence-corrected chi connectivity index (χ4v) is 6.08. The fourth-order valence-electron chi connectivity index (χ4n) is 6.08. The van der Waals surface area contributed by atoms with Gasteiger partial charge in [0.25, 0.3) is 0 Å². The second-order valence-electron chi connectivity index (χ2n) is 8.98. The van der Waals surface area contributed by atoms with Crippen LogP contribution < -0.4 is 0 Å². The zero-order chi connectivity index (χ0) is 19.2. The van der Waals surface area contributed by atoms with Crippen LogP contribution in [-0.4, -0.2) is 23.0 Å². The Balaban J connectivity index is 1.56. The van der Waals surface area contributed by atoms with E-state index in [0.717, 1.165) is 44.1 Å². The number of hydrogen-bond donors (Lipinski definition) is 1. The molecule has 3 aliphatic rings. The monoisotopic (exact) mass is 370 g/mol. The van der Waals surface area contributed by atoms with Crippen LogP contribution in [0.1, 0.15) is 87.1 Å². The van der Waals surface area contributed by atoms with Crippen LogP contribution in [0.15, 0.2) is 18.2 Å². The molecule has 27 heavy (non-hydrogen) atoms. The highest BCUT2D eigenvalue weighted by Crippen LogP contribution is 2.61. The molecule has 0 aromatic heterocycles. The summed E-state index contributed by atoms with van der Waals surface area (Å²) in [6.07, 6.45) is 6.93. The standard InChI is InChI=1S/C23H30O4/c1-3-4-5-22(26)27-21-9-8-19-17-13-20(25)18-12-14(24)6-7-15(18)16(17)10-11-23(19,21)2/h6-7,12,16-17,19,21,24H,3-5,8-11,13H2,1-2H3/t16-,17-,19+,21+,23+/m0/s1. The first-order valence-electron chi connectivity index (χ1n) is 10.5. The predicted octanol–water partition coefficient (Wildman–Crippen LogP) is 4.99. The van der Waals surface area contributed by atoms with E-state index in [4.69, 9.17) is 4.74 Å². The Kier molecular flexibility index (Phi) is 4.77. The van der Waals surface area contributed by atoms with E-state index < -0.39 is 0 Å². The number of Topliss-reactive ketones (excluding diaryl/α,β-unsaturated/α-hetero) is 1. The molecule has 2 fully saturated rings. The van der Waals surface area contributed by atoms with E-state index in [1.165, 1.54) is 0 Å². The molecule has 146 valence electrons. The minimum atomic E-state index is -0.0635. The molecule has 0 unspecified atom stereocenters. The molecule has 4 nitrogen and oxygen atoms in total. The Hall–Kier alpha value is -1.84. The van der Waals surface area contributed by atoms with E-state index in [0.29, 0.717) is 36.2 Å². The maximum Gasteiger partial charge on any atom is 0.306 e. The predicted molar refractivity (Wildman–Crippen MR) is 103 cm³/mol. The lowest BCUT2D eigenvalue weighted by Gasteiger charge is -2.50. The summed E-state index contributed by atoms with van der Waals surface area (Å²) in [6.45, 7) is 4.36. The maximum atomic E-state index is 12.8. The van der Waals surface area contributed by atoms with Crippen LogP contribution in [0.25, 0.3) is 0 Å². The summed E-state index contributed by atoms with van der Waals surface area (Å²) >= 11 is 0. The normalized spacial score (nSPS) is 34.5. The first kappa shape index (κ1) is 18.5. The molecular weight excluding hydrogens is 340 g/mol. The van der Waals surface area contributed by atoms with Crippen LogP contribution in [0, 0.1) is 17.3 Å². The molecule has 2 saturated carbocycles. The van der Waals surface area contributed by atoms with Crippen LogP contribution in [0.4, 0.5) is 0 Å². The molecule has 0 spiro atoms. The molecule has 0 amide bonds. The van der Waals surface area contributed by atoms with Gasteiger partial charge in [-0.3, -0.25) is 9.59 Å². The van der Waals surface area contributed by atoms with Gasteiger partial charge in [-0.1, -0.05) is 26.3 Å². The van der Waals surface area contributed by atoms with Crippen molar-refractivity contribution in [2.24, 2.45) is 17.3 Å². The molecule has 0 radical (unpaired) electrons. The van der Waals surface area contributed by atoms with Crippen molar-refractivity contribution >= 4 is 11.8 Å². The minimum Gasteiger partial charge on any atom is -0.508 e. The third kappa shape index (κ3) is 3.07. The Morgan fingerprint density at radius 3 is 2.89 bits per heavy atom. The van der Waals surface area contributed by atoms with Crippen molar-refractivity contribution in [2.45, 2.75) is 77.2 Å². The number of phenols is 1. The number of ether oxygens (including phenoxy) is 1. The van der Waals surface area contributed by atoms with Gasteiger partial charge in [-0.2, -0.15) is 0 Å². The number of carbonyl (C=O) groups is 2. The molecule has 1 aromatic rings. The van der Waals surface area contributed by atoms with Crippen molar-refractivity contribution in [1.82, 2.24) is 0 Å². The molecule has 1 N–H and O–H groups in total. The Morgan fingerprint density at radius 1 is 1.30 bits per heavy atom. The van der Waals surface area contributed by atoms with Crippen LogP contribution >= 0.6 is 0 Å². The summed E-state index contributed by atoms with van der Waals surface area (Å²) < 4.78 is 5.92. The van der Waals surface area contributed by atoms with Crippen LogP contribution in [0.2, 0.25) is 0 Å². The Bertz CT molecular complexity index is 755. The molecular formula is C23H30O4. The average molecular weight is 370 g/mol. The van der Waals surface area contributed by atoms with Crippen molar-refractivity contribution in [2.75, 3.05) is 0 Å². The van der Waals surface area contributed by atoms with Gasteiger partial charge in [0.05, 0.1) is 0 Å². The zero-order valence-corrected chi connectivity index (χ0v) is 16.4. The molecule has 0 aliphatic heterocycles. The molecule has 0 heterocycles. The topological polar surface area (TPSA) is 63.6 Å². The van der Waals surface area contributed by atoms with E-state index in [2.05, 4.69) is 13.8 Å². The number of fused-ring (bicyclic) bond motifs is 5. The molecule has 5 atom stereocenters. The lowest BCUT2D eigenvalue weighted by Crippen LogP contribution is -2.46. The molecule has 0 saturated heterocycles. The van der Waals surface area contributed by atoms with Crippen LogP contribution in [0.5, 0.6) is 5.75 Å². The zero-order valence-electron chi connectivity index (χ0n) is 16.4. The first-order valence-corrected chi connectivity index (χ1v) is 10.5. The maximum absolute atomic E-state index is 12.8. The van der Waals surface area contributed by atoms with E-state index in [1.807, 2.05) is 6.07 Å². The first-order chi connectivity index (χ1) is 12.9. The van der Waals surface area contributed by atoms with Crippen molar-refractivity contribution in [3.05, 3.63) is 29.3 Å². The van der Waals surface area contributed by atoms with Gasteiger partial charge in [0.15, 0.2) is 5.78 Å². The van der Waals surface area contributed by atoms with E-state index in [9.17, 15) is 14.7 Å². The van der Waals surface area contributed by atoms with Crippen molar-refractivity contribution in [3.8, 4) is 5.75 Å². The van der Waals surface area contributed by atoms with Gasteiger partial charge in [0, 0.05) is 23.8 Å². The van der Waals surface area contributed by atoms with Gasteiger partial charge >= 0.3 is 5.97 Å². The van der Waals surface area contributed by atoms with Gasteiger partial charge in [-0.15, -0.1) is 0 Å². The molecule has 4 rings (SSSR count). The average Bonchev–Trinajstić information content (AvgIpc) is 2.97. The van der Waals surface area contributed by atoms with Gasteiger partial charge in [-0.05, 0) is 67.6 Å². The third-order valence-corrected chi connectivity index (χ3v) is 7.52. The SMILES string of the molecule is CCCCC(=O)O[C@@H]1CC[C@@H]2[C@H]3CC(=O)c4cc(O)ccc4[C@@H]3CC[C@]21C. The van der Waals surface area contributed by atoms with Gasteiger partial charge < -0.3 is 9.84 Å². The van der Waals surface area contributed by atoms with E-state index in [1.54, 1.807) is 12.1 Å². The minimum absolute atomic E-state index is 0.0101. The summed E-state index contributed by atoms with van der Waals surface area (Å²) in [6, 6.07) is 5.28. The molecule has 3 aliphatic carbocycles. The second kappa shape index (κ2) is 6.96. The summed E-state index contributed by atoms with van der Waals surface area (Å²) in [4.78, 5) is 25.0. The number of ketones is 1. The number of esters is 1. The summed E-state index contributed by atoms with van der Waals surface area (Å²) in [5.74, 6) is 1.38. The van der Waals surface area contributed by atoms with Gasteiger partial charge in [-0.25, -0.2) is 0 Å². The molecule has 4 heteroatoms. The highest BCUT2D eigenvalue weighted by Gasteiger charge is 2.57. The van der Waals surface area contributed by atoms with Crippen molar-refractivity contribution < 1.29 is 19.4 Å². The number of carbonyl (C=O) groups excluding carboxylic acids is 2. The van der Waals surface area contributed by atoms with Crippen molar-refractivity contribution in [3.63, 3.8) is 0 Å². The molecule has 1 aromatic carbocycles. The molecule has 0 bridgehead atoms. The third-order valence-electron chi connectivity index (χ3n) is 7.52. The highest BCUT2D eigenvalue weighted by atomic mass is 16.5.